The van der Waals surface area contributed by atoms with Crippen LogP contribution in [0.25, 0.3) is 11.3 Å². The molecule has 0 atom stereocenters. The van der Waals surface area contributed by atoms with Crippen LogP contribution in [0.2, 0.25) is 0 Å². The van der Waals surface area contributed by atoms with Gasteiger partial charge in [0.05, 0.1) is 0 Å². The topological polar surface area (TPSA) is 55.1 Å². The SMILES string of the molecule is Cc1ccc(F)cc1CNC(=O)c1cc(-c2ccccc2)on1. The fourth-order valence-electron chi connectivity index (χ4n) is 2.22. The first-order valence-corrected chi connectivity index (χ1v) is 7.19. The zero-order valence-corrected chi connectivity index (χ0v) is 12.5. The Bertz CT molecular complexity index is 828. The molecule has 116 valence electrons. The van der Waals surface area contributed by atoms with Crippen LogP contribution in [0.1, 0.15) is 21.6 Å². The van der Waals surface area contributed by atoms with E-state index >= 15 is 0 Å². The number of hydrogen-bond donors (Lipinski definition) is 1. The van der Waals surface area contributed by atoms with Crippen molar-refractivity contribution in [1.29, 1.82) is 0 Å². The predicted octanol–water partition coefficient (Wildman–Crippen LogP) is 3.72. The third-order valence-corrected chi connectivity index (χ3v) is 3.55. The Hall–Kier alpha value is -2.95. The zero-order chi connectivity index (χ0) is 16.2. The summed E-state index contributed by atoms with van der Waals surface area (Å²) in [7, 11) is 0. The average molecular weight is 310 g/mol. The van der Waals surface area contributed by atoms with Gasteiger partial charge in [0.1, 0.15) is 5.82 Å². The van der Waals surface area contributed by atoms with Crippen molar-refractivity contribution in [2.24, 2.45) is 0 Å². The number of rotatable bonds is 4. The summed E-state index contributed by atoms with van der Waals surface area (Å²) < 4.78 is 18.4. The van der Waals surface area contributed by atoms with E-state index in [1.807, 2.05) is 37.3 Å². The maximum atomic E-state index is 13.2. The van der Waals surface area contributed by atoms with Crippen molar-refractivity contribution in [2.45, 2.75) is 13.5 Å². The summed E-state index contributed by atoms with van der Waals surface area (Å²) in [5.41, 5.74) is 2.68. The number of nitrogens with one attached hydrogen (secondary N) is 1. The number of halogens is 1. The maximum Gasteiger partial charge on any atom is 0.273 e. The summed E-state index contributed by atoms with van der Waals surface area (Å²) in [6, 6.07) is 15.5. The van der Waals surface area contributed by atoms with Crippen molar-refractivity contribution in [1.82, 2.24) is 10.5 Å². The molecule has 0 aliphatic carbocycles. The molecule has 0 spiro atoms. The molecule has 0 saturated carbocycles. The third kappa shape index (κ3) is 3.45. The molecule has 1 N–H and O–H groups in total. The van der Waals surface area contributed by atoms with Gasteiger partial charge in [0.15, 0.2) is 11.5 Å². The Morgan fingerprint density at radius 3 is 2.74 bits per heavy atom. The Morgan fingerprint density at radius 2 is 1.96 bits per heavy atom. The van der Waals surface area contributed by atoms with Crippen LogP contribution in [0.4, 0.5) is 4.39 Å². The molecule has 0 aliphatic heterocycles. The number of hydrogen-bond acceptors (Lipinski definition) is 3. The molecule has 3 rings (SSSR count). The van der Waals surface area contributed by atoms with Crippen molar-refractivity contribution in [3.05, 3.63) is 77.2 Å². The predicted molar refractivity (Wildman–Crippen MR) is 84.2 cm³/mol. The number of carbonyl (C=O) groups is 1. The minimum atomic E-state index is -0.361. The molecule has 4 nitrogen and oxygen atoms in total. The molecule has 0 bridgehead atoms. The van der Waals surface area contributed by atoms with E-state index in [1.54, 1.807) is 12.1 Å². The highest BCUT2D eigenvalue weighted by molar-refractivity contribution is 5.93. The van der Waals surface area contributed by atoms with E-state index in [0.717, 1.165) is 16.7 Å². The van der Waals surface area contributed by atoms with E-state index in [0.29, 0.717) is 5.76 Å². The average Bonchev–Trinajstić information content (AvgIpc) is 3.06. The largest absolute Gasteiger partial charge is 0.355 e. The monoisotopic (exact) mass is 310 g/mol. The Labute approximate surface area is 132 Å². The van der Waals surface area contributed by atoms with E-state index in [9.17, 15) is 9.18 Å². The molecule has 5 heteroatoms. The van der Waals surface area contributed by atoms with E-state index in [1.165, 1.54) is 12.1 Å². The van der Waals surface area contributed by atoms with Gasteiger partial charge >= 0.3 is 0 Å². The lowest BCUT2D eigenvalue weighted by molar-refractivity contribution is 0.0942. The van der Waals surface area contributed by atoms with Crippen LogP contribution in [0.15, 0.2) is 59.1 Å². The van der Waals surface area contributed by atoms with Crippen molar-refractivity contribution in [2.75, 3.05) is 0 Å². The number of amides is 1. The van der Waals surface area contributed by atoms with Gasteiger partial charge in [0.25, 0.3) is 5.91 Å². The second kappa shape index (κ2) is 6.44. The van der Waals surface area contributed by atoms with E-state index < -0.39 is 0 Å². The van der Waals surface area contributed by atoms with Crippen molar-refractivity contribution < 1.29 is 13.7 Å². The fourth-order valence-corrected chi connectivity index (χ4v) is 2.22. The van der Waals surface area contributed by atoms with Crippen molar-refractivity contribution in [3.8, 4) is 11.3 Å². The van der Waals surface area contributed by atoms with E-state index in [2.05, 4.69) is 10.5 Å². The molecule has 3 aromatic rings. The van der Waals surface area contributed by atoms with Gasteiger partial charge in [-0.2, -0.15) is 0 Å². The van der Waals surface area contributed by atoms with Gasteiger partial charge in [-0.1, -0.05) is 41.6 Å². The Balaban J connectivity index is 1.69. The molecule has 0 radical (unpaired) electrons. The highest BCUT2D eigenvalue weighted by atomic mass is 19.1. The van der Waals surface area contributed by atoms with Crippen molar-refractivity contribution >= 4 is 5.91 Å². The van der Waals surface area contributed by atoms with Crippen molar-refractivity contribution in [3.63, 3.8) is 0 Å². The minimum Gasteiger partial charge on any atom is -0.355 e. The number of carbonyl (C=O) groups excluding carboxylic acids is 1. The second-order valence-electron chi connectivity index (χ2n) is 5.20. The molecule has 0 unspecified atom stereocenters. The summed E-state index contributed by atoms with van der Waals surface area (Å²) >= 11 is 0. The number of aryl methyl sites for hydroxylation is 1. The maximum absolute atomic E-state index is 13.2. The molecule has 1 heterocycles. The van der Waals surface area contributed by atoms with Gasteiger partial charge in [0, 0.05) is 18.2 Å². The first kappa shape index (κ1) is 15.0. The third-order valence-electron chi connectivity index (χ3n) is 3.55. The lowest BCUT2D eigenvalue weighted by Crippen LogP contribution is -2.23. The quantitative estimate of drug-likeness (QED) is 0.799. The highest BCUT2D eigenvalue weighted by Gasteiger charge is 2.13. The van der Waals surface area contributed by atoms with Gasteiger partial charge in [0.2, 0.25) is 0 Å². The van der Waals surface area contributed by atoms with Crippen LogP contribution < -0.4 is 5.32 Å². The number of aromatic nitrogens is 1. The van der Waals surface area contributed by atoms with Crippen LogP contribution >= 0.6 is 0 Å². The van der Waals surface area contributed by atoms with Crippen LogP contribution in [0, 0.1) is 12.7 Å². The molecule has 23 heavy (non-hydrogen) atoms. The molecule has 0 fully saturated rings. The van der Waals surface area contributed by atoms with Gasteiger partial charge in [-0.3, -0.25) is 4.79 Å². The summed E-state index contributed by atoms with van der Waals surface area (Å²) in [5, 5.41) is 6.50. The lowest BCUT2D eigenvalue weighted by Gasteiger charge is -2.06. The highest BCUT2D eigenvalue weighted by Crippen LogP contribution is 2.19. The Morgan fingerprint density at radius 1 is 1.17 bits per heavy atom. The number of benzene rings is 2. The normalized spacial score (nSPS) is 10.5. The minimum absolute atomic E-state index is 0.193. The summed E-state index contributed by atoms with van der Waals surface area (Å²) in [6.45, 7) is 2.10. The molecule has 1 aromatic heterocycles. The molecular formula is C18H15FN2O2. The molecule has 2 aromatic carbocycles. The Kier molecular flexibility index (Phi) is 4.19. The molecule has 1 amide bonds. The van der Waals surface area contributed by atoms with Crippen LogP contribution in [-0.4, -0.2) is 11.1 Å². The standard InChI is InChI=1S/C18H15FN2O2/c1-12-7-8-15(19)9-14(12)11-20-18(22)16-10-17(23-21-16)13-5-3-2-4-6-13/h2-10H,11H2,1H3,(H,20,22). The summed E-state index contributed by atoms with van der Waals surface area (Å²) in [6.07, 6.45) is 0. The van der Waals surface area contributed by atoms with Gasteiger partial charge < -0.3 is 9.84 Å². The van der Waals surface area contributed by atoms with Gasteiger partial charge in [-0.15, -0.1) is 0 Å². The first-order valence-electron chi connectivity index (χ1n) is 7.19. The number of nitrogens with zero attached hydrogens (tertiary/aromatic N) is 1. The van der Waals surface area contributed by atoms with E-state index in [4.69, 9.17) is 4.52 Å². The first-order chi connectivity index (χ1) is 11.1. The van der Waals surface area contributed by atoms with Gasteiger partial charge in [-0.25, -0.2) is 4.39 Å². The zero-order valence-electron chi connectivity index (χ0n) is 12.5. The van der Waals surface area contributed by atoms with Crippen LogP contribution in [-0.2, 0) is 6.54 Å². The lowest BCUT2D eigenvalue weighted by atomic mass is 10.1. The van der Waals surface area contributed by atoms with Crippen LogP contribution in [0.3, 0.4) is 0 Å². The smallest absolute Gasteiger partial charge is 0.273 e. The molecular weight excluding hydrogens is 295 g/mol. The molecule has 0 aliphatic rings. The van der Waals surface area contributed by atoms with Crippen LogP contribution in [0.5, 0.6) is 0 Å². The van der Waals surface area contributed by atoms with E-state index in [-0.39, 0.29) is 24.0 Å². The summed E-state index contributed by atoms with van der Waals surface area (Å²) in [5.74, 6) is -0.162. The second-order valence-corrected chi connectivity index (χ2v) is 5.20. The van der Waals surface area contributed by atoms with Gasteiger partial charge in [-0.05, 0) is 30.2 Å². The summed E-state index contributed by atoms with van der Waals surface area (Å²) in [4.78, 5) is 12.1. The fraction of sp³-hybridized carbons (Fsp3) is 0.111. The molecule has 0 saturated heterocycles.